The molecule has 27 heavy (non-hydrogen) atoms. The summed E-state index contributed by atoms with van der Waals surface area (Å²) in [7, 11) is 1.68. The van der Waals surface area contributed by atoms with E-state index in [0.717, 1.165) is 44.9 Å². The number of carbonyl (C=O) groups excluding carboxylic acids is 1. The first-order valence-corrected chi connectivity index (χ1v) is 9.56. The van der Waals surface area contributed by atoms with E-state index >= 15 is 0 Å². The van der Waals surface area contributed by atoms with Crippen LogP contribution in [0.25, 0.3) is 0 Å². The number of nitrogens with zero attached hydrogens (tertiary/aromatic N) is 4. The van der Waals surface area contributed by atoms with Crippen LogP contribution in [0.15, 0.2) is 36.7 Å². The van der Waals surface area contributed by atoms with Gasteiger partial charge in [0, 0.05) is 38.9 Å². The first-order valence-electron chi connectivity index (χ1n) is 9.56. The zero-order valence-electron chi connectivity index (χ0n) is 16.8. The Balaban J connectivity index is 1.48. The van der Waals surface area contributed by atoms with Crippen molar-refractivity contribution in [2.75, 3.05) is 39.8 Å². The number of hydrogen-bond donors (Lipinski definition) is 0. The molecular formula is C21H30N4O2. The molecule has 1 aromatic heterocycles. The fourth-order valence-electron chi connectivity index (χ4n) is 3.24. The normalized spacial score (nSPS) is 15.8. The Morgan fingerprint density at radius 2 is 1.78 bits per heavy atom. The largest absolute Gasteiger partial charge is 0.497 e. The van der Waals surface area contributed by atoms with E-state index in [1.54, 1.807) is 13.3 Å². The molecule has 1 amide bonds. The Morgan fingerprint density at radius 1 is 1.11 bits per heavy atom. The molecule has 0 atom stereocenters. The third kappa shape index (κ3) is 4.89. The molecule has 1 fully saturated rings. The zero-order valence-corrected chi connectivity index (χ0v) is 16.8. The van der Waals surface area contributed by atoms with Gasteiger partial charge in [0.2, 0.25) is 0 Å². The van der Waals surface area contributed by atoms with Gasteiger partial charge >= 0.3 is 0 Å². The van der Waals surface area contributed by atoms with Gasteiger partial charge in [0.1, 0.15) is 5.75 Å². The molecule has 0 unspecified atom stereocenters. The molecule has 2 aromatic rings. The van der Waals surface area contributed by atoms with E-state index in [2.05, 4.69) is 42.9 Å². The van der Waals surface area contributed by atoms with Gasteiger partial charge in [0.25, 0.3) is 5.91 Å². The maximum Gasteiger partial charge on any atom is 0.257 e. The maximum atomic E-state index is 12.7. The van der Waals surface area contributed by atoms with E-state index in [4.69, 9.17) is 4.74 Å². The molecule has 1 aromatic carbocycles. The Bertz CT molecular complexity index is 753. The summed E-state index contributed by atoms with van der Waals surface area (Å²) >= 11 is 0. The highest BCUT2D eigenvalue weighted by Gasteiger charge is 2.24. The number of ether oxygens (including phenoxy) is 1. The van der Waals surface area contributed by atoms with Gasteiger partial charge in [-0.05, 0) is 44.9 Å². The van der Waals surface area contributed by atoms with Gasteiger partial charge in [-0.25, -0.2) is 0 Å². The summed E-state index contributed by atoms with van der Waals surface area (Å²) in [6, 6.07) is 8.24. The van der Waals surface area contributed by atoms with Crippen molar-refractivity contribution in [3.63, 3.8) is 0 Å². The van der Waals surface area contributed by atoms with Crippen molar-refractivity contribution in [3.8, 4) is 5.75 Å². The molecule has 0 bridgehead atoms. The second-order valence-electron chi connectivity index (χ2n) is 8.08. The van der Waals surface area contributed by atoms with Gasteiger partial charge in [-0.3, -0.25) is 14.4 Å². The van der Waals surface area contributed by atoms with Crippen molar-refractivity contribution in [2.45, 2.75) is 32.7 Å². The van der Waals surface area contributed by atoms with Gasteiger partial charge in [-0.15, -0.1) is 0 Å². The number of amides is 1. The number of piperazine rings is 1. The van der Waals surface area contributed by atoms with Gasteiger partial charge in [-0.1, -0.05) is 12.1 Å². The lowest BCUT2D eigenvalue weighted by molar-refractivity contribution is 0.0638. The Kier molecular flexibility index (Phi) is 5.85. The lowest BCUT2D eigenvalue weighted by Gasteiger charge is -2.34. The maximum absolute atomic E-state index is 12.7. The Hall–Kier alpha value is -2.34. The summed E-state index contributed by atoms with van der Waals surface area (Å²) in [6.07, 6.45) is 4.55. The summed E-state index contributed by atoms with van der Waals surface area (Å²) in [5, 5.41) is 4.34. The highest BCUT2D eigenvalue weighted by Crippen LogP contribution is 2.16. The van der Waals surface area contributed by atoms with E-state index in [9.17, 15) is 4.79 Å². The molecule has 1 aliphatic heterocycles. The predicted octanol–water partition coefficient (Wildman–Crippen LogP) is 2.65. The third-order valence-corrected chi connectivity index (χ3v) is 5.05. The minimum atomic E-state index is -0.112. The van der Waals surface area contributed by atoms with Crippen LogP contribution in [0, 0.1) is 0 Å². The molecule has 0 saturated carbocycles. The van der Waals surface area contributed by atoms with Crippen molar-refractivity contribution in [1.82, 2.24) is 19.6 Å². The molecule has 0 aliphatic carbocycles. The zero-order chi connectivity index (χ0) is 19.4. The third-order valence-electron chi connectivity index (χ3n) is 5.05. The van der Waals surface area contributed by atoms with Gasteiger partial charge in [-0.2, -0.15) is 5.10 Å². The summed E-state index contributed by atoms with van der Waals surface area (Å²) in [4.78, 5) is 17.1. The minimum Gasteiger partial charge on any atom is -0.497 e. The molecule has 0 N–H and O–H groups in total. The van der Waals surface area contributed by atoms with Gasteiger partial charge < -0.3 is 9.64 Å². The van der Waals surface area contributed by atoms with Crippen LogP contribution in [0.4, 0.5) is 0 Å². The van der Waals surface area contributed by atoms with Crippen LogP contribution < -0.4 is 4.74 Å². The van der Waals surface area contributed by atoms with Gasteiger partial charge in [0.05, 0.1) is 24.4 Å². The summed E-state index contributed by atoms with van der Waals surface area (Å²) in [6.45, 7) is 10.6. The highest BCUT2D eigenvalue weighted by atomic mass is 16.5. The molecular weight excluding hydrogens is 340 g/mol. The molecule has 146 valence electrons. The monoisotopic (exact) mass is 370 g/mol. The van der Waals surface area contributed by atoms with E-state index in [1.165, 1.54) is 5.56 Å². The van der Waals surface area contributed by atoms with E-state index in [0.29, 0.717) is 5.56 Å². The fraction of sp³-hybridized carbons (Fsp3) is 0.524. The number of carbonyl (C=O) groups is 1. The topological polar surface area (TPSA) is 50.6 Å². The highest BCUT2D eigenvalue weighted by molar-refractivity contribution is 5.93. The van der Waals surface area contributed by atoms with E-state index in [-0.39, 0.29) is 11.4 Å². The average molecular weight is 370 g/mol. The molecule has 2 heterocycles. The van der Waals surface area contributed by atoms with Crippen LogP contribution in [0.2, 0.25) is 0 Å². The average Bonchev–Trinajstić information content (AvgIpc) is 3.17. The van der Waals surface area contributed by atoms with Crippen LogP contribution in [0.5, 0.6) is 5.75 Å². The number of hydrogen-bond acceptors (Lipinski definition) is 4. The van der Waals surface area contributed by atoms with Crippen molar-refractivity contribution < 1.29 is 9.53 Å². The van der Waals surface area contributed by atoms with Crippen molar-refractivity contribution >= 4 is 5.91 Å². The van der Waals surface area contributed by atoms with E-state index < -0.39 is 0 Å². The number of aromatic nitrogens is 2. The summed E-state index contributed by atoms with van der Waals surface area (Å²) < 4.78 is 7.05. The number of methoxy groups -OCH3 is 1. The smallest absolute Gasteiger partial charge is 0.257 e. The van der Waals surface area contributed by atoms with E-state index in [1.807, 2.05) is 27.9 Å². The molecule has 1 aliphatic rings. The fourth-order valence-corrected chi connectivity index (χ4v) is 3.24. The van der Waals surface area contributed by atoms with Crippen molar-refractivity contribution in [3.05, 3.63) is 47.8 Å². The predicted molar refractivity (Wildman–Crippen MR) is 106 cm³/mol. The number of rotatable bonds is 5. The SMILES string of the molecule is COc1ccc(CCN2CCN(C(=O)c3cnn(C(C)(C)C)c3)CC2)cc1. The Labute approximate surface area is 161 Å². The minimum absolute atomic E-state index is 0.0836. The van der Waals surface area contributed by atoms with Crippen LogP contribution in [0.1, 0.15) is 36.7 Å². The molecule has 6 nitrogen and oxygen atoms in total. The van der Waals surface area contributed by atoms with Gasteiger partial charge in [0.15, 0.2) is 0 Å². The van der Waals surface area contributed by atoms with Crippen molar-refractivity contribution in [2.24, 2.45) is 0 Å². The quantitative estimate of drug-likeness (QED) is 0.812. The second-order valence-corrected chi connectivity index (χ2v) is 8.08. The molecule has 0 spiro atoms. The molecule has 3 rings (SSSR count). The standard InChI is InChI=1S/C21H30N4O2/c1-21(2,3)25-16-18(15-22-25)20(26)24-13-11-23(12-14-24)10-9-17-5-7-19(27-4)8-6-17/h5-8,15-16H,9-14H2,1-4H3. The van der Waals surface area contributed by atoms with Crippen LogP contribution in [-0.4, -0.2) is 65.3 Å². The second kappa shape index (κ2) is 8.13. The van der Waals surface area contributed by atoms with Crippen molar-refractivity contribution in [1.29, 1.82) is 0 Å². The molecule has 0 radical (unpaired) electrons. The first kappa shape index (κ1) is 19.4. The molecule has 6 heteroatoms. The van der Waals surface area contributed by atoms with Crippen LogP contribution in [0.3, 0.4) is 0 Å². The Morgan fingerprint density at radius 3 is 2.33 bits per heavy atom. The number of benzene rings is 1. The lowest BCUT2D eigenvalue weighted by Crippen LogP contribution is -2.49. The summed E-state index contributed by atoms with van der Waals surface area (Å²) in [5.74, 6) is 0.973. The lowest BCUT2D eigenvalue weighted by atomic mass is 10.1. The summed E-state index contributed by atoms with van der Waals surface area (Å²) in [5.41, 5.74) is 1.87. The van der Waals surface area contributed by atoms with Crippen LogP contribution >= 0.6 is 0 Å². The molecule has 1 saturated heterocycles. The first-order chi connectivity index (χ1) is 12.9. The van der Waals surface area contributed by atoms with Crippen LogP contribution in [-0.2, 0) is 12.0 Å².